The Hall–Kier alpha value is -1.30. The molecule has 0 aliphatic heterocycles. The van der Waals surface area contributed by atoms with Gasteiger partial charge in [-0.05, 0) is 24.1 Å². The van der Waals surface area contributed by atoms with Crippen LogP contribution < -0.4 is 9.47 Å². The van der Waals surface area contributed by atoms with Crippen LogP contribution in [0.1, 0.15) is 5.56 Å². The predicted octanol–water partition coefficient (Wildman–Crippen LogP) is 2.12. The minimum absolute atomic E-state index is 0.412. The molecule has 18 heavy (non-hydrogen) atoms. The number of hydrogen-bond acceptors (Lipinski definition) is 4. The first kappa shape index (κ1) is 14.8. The molecule has 1 rings (SSSR count). The van der Waals surface area contributed by atoms with Crippen molar-refractivity contribution < 1.29 is 18.3 Å². The first-order valence-corrected chi connectivity index (χ1v) is 7.12. The highest BCUT2D eigenvalue weighted by Crippen LogP contribution is 2.28. The molecule has 0 spiro atoms. The zero-order chi connectivity index (χ0) is 13.4. The second-order valence-electron chi connectivity index (χ2n) is 3.55. The van der Waals surface area contributed by atoms with Gasteiger partial charge in [0.1, 0.15) is 6.23 Å². The van der Waals surface area contributed by atoms with Gasteiger partial charge in [-0.25, -0.2) is 0 Å². The van der Waals surface area contributed by atoms with Crippen LogP contribution >= 0.6 is 0 Å². The third-order valence-electron chi connectivity index (χ3n) is 2.41. The molecule has 1 aromatic carbocycles. The van der Waals surface area contributed by atoms with E-state index in [2.05, 4.69) is 6.58 Å². The van der Waals surface area contributed by atoms with Gasteiger partial charge in [0.25, 0.3) is 0 Å². The van der Waals surface area contributed by atoms with Crippen molar-refractivity contribution in [2.45, 2.75) is 6.42 Å². The Bertz CT molecular complexity index is 377. The topological polar surface area (TPSA) is 36.9 Å². The van der Waals surface area contributed by atoms with E-state index < -0.39 is 9.28 Å². The van der Waals surface area contributed by atoms with Crippen molar-refractivity contribution in [2.75, 3.05) is 27.6 Å². The third-order valence-corrected chi connectivity index (χ3v) is 3.70. The standard InChI is InChI=1S/C13H19O4Si/c1-5-6-11-7-8-12(13(9-11)14-2)17-10-18(15-3)16-4/h5,7-9H,1,6,10H2,2-4H3. The van der Waals surface area contributed by atoms with Gasteiger partial charge in [-0.15, -0.1) is 6.58 Å². The summed E-state index contributed by atoms with van der Waals surface area (Å²) in [6.07, 6.45) is 3.07. The summed E-state index contributed by atoms with van der Waals surface area (Å²) in [5.74, 6) is 1.41. The summed E-state index contributed by atoms with van der Waals surface area (Å²) in [5.41, 5.74) is 1.14. The lowest BCUT2D eigenvalue weighted by molar-refractivity contribution is 0.233. The molecule has 0 atom stereocenters. The fraction of sp³-hybridized carbons (Fsp3) is 0.385. The van der Waals surface area contributed by atoms with E-state index in [0.29, 0.717) is 17.7 Å². The lowest BCUT2D eigenvalue weighted by atomic mass is 10.1. The van der Waals surface area contributed by atoms with Gasteiger partial charge in [0, 0.05) is 14.2 Å². The molecule has 0 bridgehead atoms. The maximum atomic E-state index is 5.65. The number of benzene rings is 1. The van der Waals surface area contributed by atoms with E-state index in [1.165, 1.54) is 0 Å². The molecule has 0 saturated carbocycles. The van der Waals surface area contributed by atoms with Crippen molar-refractivity contribution in [3.63, 3.8) is 0 Å². The third kappa shape index (κ3) is 4.18. The SMILES string of the molecule is C=CCc1ccc(OC[Si](OC)OC)c(OC)c1. The molecule has 4 nitrogen and oxygen atoms in total. The minimum atomic E-state index is -1.36. The van der Waals surface area contributed by atoms with Gasteiger partial charge < -0.3 is 18.3 Å². The van der Waals surface area contributed by atoms with Gasteiger partial charge in [0.05, 0.1) is 7.11 Å². The van der Waals surface area contributed by atoms with Crippen LogP contribution in [0.25, 0.3) is 0 Å². The molecule has 0 amide bonds. The first-order valence-electron chi connectivity index (χ1n) is 5.59. The molecule has 0 fully saturated rings. The first-order chi connectivity index (χ1) is 8.74. The lowest BCUT2D eigenvalue weighted by Gasteiger charge is -2.14. The lowest BCUT2D eigenvalue weighted by Crippen LogP contribution is -2.28. The summed E-state index contributed by atoms with van der Waals surface area (Å²) in [6, 6.07) is 5.83. The van der Waals surface area contributed by atoms with Gasteiger partial charge in [-0.3, -0.25) is 0 Å². The Balaban J connectivity index is 2.72. The predicted molar refractivity (Wildman–Crippen MR) is 72.2 cm³/mol. The molecule has 1 radical (unpaired) electrons. The Morgan fingerprint density at radius 2 is 1.89 bits per heavy atom. The molecule has 0 N–H and O–H groups in total. The monoisotopic (exact) mass is 267 g/mol. The molecule has 0 heterocycles. The molecule has 5 heteroatoms. The Morgan fingerprint density at radius 3 is 2.44 bits per heavy atom. The van der Waals surface area contributed by atoms with Crippen LogP contribution in [0.4, 0.5) is 0 Å². The van der Waals surface area contributed by atoms with E-state index in [0.717, 1.165) is 12.0 Å². The number of allylic oxidation sites excluding steroid dienone is 1. The largest absolute Gasteiger partial charge is 0.493 e. The van der Waals surface area contributed by atoms with Crippen molar-refractivity contribution in [2.24, 2.45) is 0 Å². The fourth-order valence-corrected chi connectivity index (χ4v) is 2.14. The normalized spacial score (nSPS) is 10.4. The summed E-state index contributed by atoms with van der Waals surface area (Å²) in [5, 5.41) is 0. The number of rotatable bonds is 8. The van der Waals surface area contributed by atoms with Gasteiger partial charge in [-0.1, -0.05) is 12.1 Å². The number of hydrogen-bond donors (Lipinski definition) is 0. The molecule has 99 valence electrons. The number of methoxy groups -OCH3 is 1. The van der Waals surface area contributed by atoms with Crippen molar-refractivity contribution in [3.8, 4) is 11.5 Å². The summed E-state index contributed by atoms with van der Waals surface area (Å²) in [4.78, 5) is 0. The van der Waals surface area contributed by atoms with E-state index in [9.17, 15) is 0 Å². The second kappa shape index (κ2) is 7.92. The minimum Gasteiger partial charge on any atom is -0.493 e. The summed E-state index contributed by atoms with van der Waals surface area (Å²) in [6.45, 7) is 3.71. The van der Waals surface area contributed by atoms with Gasteiger partial charge in [0.15, 0.2) is 11.5 Å². The van der Waals surface area contributed by atoms with Crippen LogP contribution in [0.2, 0.25) is 0 Å². The Morgan fingerprint density at radius 1 is 1.17 bits per heavy atom. The van der Waals surface area contributed by atoms with E-state index in [1.54, 1.807) is 21.3 Å². The highest BCUT2D eigenvalue weighted by atomic mass is 28.3. The Kier molecular flexibility index (Phi) is 6.49. The van der Waals surface area contributed by atoms with Crippen molar-refractivity contribution in [1.82, 2.24) is 0 Å². The van der Waals surface area contributed by atoms with Crippen molar-refractivity contribution >= 4 is 9.28 Å². The van der Waals surface area contributed by atoms with Crippen LogP contribution in [0.15, 0.2) is 30.9 Å². The smallest absolute Gasteiger partial charge is 0.425 e. The molecule has 0 saturated heterocycles. The van der Waals surface area contributed by atoms with Crippen LogP contribution in [-0.2, 0) is 15.3 Å². The van der Waals surface area contributed by atoms with Crippen LogP contribution in [0.5, 0.6) is 11.5 Å². The fourth-order valence-electron chi connectivity index (χ4n) is 1.46. The average molecular weight is 267 g/mol. The maximum absolute atomic E-state index is 5.65. The molecule has 0 aromatic heterocycles. The van der Waals surface area contributed by atoms with E-state index >= 15 is 0 Å². The summed E-state index contributed by atoms with van der Waals surface area (Å²) >= 11 is 0. The Labute approximate surface area is 110 Å². The summed E-state index contributed by atoms with van der Waals surface area (Å²) < 4.78 is 21.3. The molecule has 0 aliphatic rings. The molecule has 0 aliphatic carbocycles. The average Bonchev–Trinajstić information content (AvgIpc) is 2.41. The molecule has 0 unspecified atom stereocenters. The quantitative estimate of drug-likeness (QED) is 0.534. The molecular formula is C13H19O4Si. The highest BCUT2D eigenvalue weighted by Gasteiger charge is 2.15. The zero-order valence-corrected chi connectivity index (χ0v) is 12.1. The van der Waals surface area contributed by atoms with E-state index in [1.807, 2.05) is 24.3 Å². The van der Waals surface area contributed by atoms with E-state index in [4.69, 9.17) is 18.3 Å². The van der Waals surface area contributed by atoms with Crippen molar-refractivity contribution in [3.05, 3.63) is 36.4 Å². The van der Waals surface area contributed by atoms with Crippen LogP contribution in [0, 0.1) is 0 Å². The summed E-state index contributed by atoms with van der Waals surface area (Å²) in [7, 11) is 3.50. The van der Waals surface area contributed by atoms with Crippen LogP contribution in [0.3, 0.4) is 0 Å². The van der Waals surface area contributed by atoms with Crippen LogP contribution in [-0.4, -0.2) is 36.8 Å². The van der Waals surface area contributed by atoms with Crippen molar-refractivity contribution in [1.29, 1.82) is 0 Å². The second-order valence-corrected chi connectivity index (χ2v) is 5.40. The van der Waals surface area contributed by atoms with Gasteiger partial charge in [0.2, 0.25) is 0 Å². The number of ether oxygens (including phenoxy) is 2. The van der Waals surface area contributed by atoms with Gasteiger partial charge in [-0.2, -0.15) is 0 Å². The molecular weight excluding hydrogens is 248 g/mol. The zero-order valence-electron chi connectivity index (χ0n) is 11.1. The highest BCUT2D eigenvalue weighted by molar-refractivity contribution is 6.44. The maximum Gasteiger partial charge on any atom is 0.425 e. The molecule has 1 aromatic rings. The van der Waals surface area contributed by atoms with Gasteiger partial charge >= 0.3 is 9.28 Å². The van der Waals surface area contributed by atoms with E-state index in [-0.39, 0.29) is 0 Å².